The van der Waals surface area contributed by atoms with Gasteiger partial charge >= 0.3 is 6.09 Å². The fourth-order valence-electron chi connectivity index (χ4n) is 1.33. The Morgan fingerprint density at radius 2 is 2.35 bits per heavy atom. The van der Waals surface area contributed by atoms with Crippen molar-refractivity contribution in [1.29, 1.82) is 0 Å². The van der Waals surface area contributed by atoms with Crippen molar-refractivity contribution in [3.8, 4) is 5.75 Å². The molecule has 2 heterocycles. The topological polar surface area (TPSA) is 98.0 Å². The average Bonchev–Trinajstić information content (AvgIpc) is 2.73. The van der Waals surface area contributed by atoms with Crippen LogP contribution in [0.1, 0.15) is 5.76 Å². The highest BCUT2D eigenvalue weighted by Crippen LogP contribution is 2.08. The van der Waals surface area contributed by atoms with Gasteiger partial charge in [-0.2, -0.15) is 0 Å². The van der Waals surface area contributed by atoms with Crippen LogP contribution in [0.5, 0.6) is 5.75 Å². The van der Waals surface area contributed by atoms with Gasteiger partial charge in [0, 0.05) is 6.07 Å². The summed E-state index contributed by atoms with van der Waals surface area (Å²) in [5.74, 6) is 0.182. The van der Waals surface area contributed by atoms with E-state index in [1.54, 1.807) is 0 Å². The zero-order valence-corrected chi connectivity index (χ0v) is 8.84. The molecule has 7 nitrogen and oxygen atoms in total. The van der Waals surface area contributed by atoms with Crippen LogP contribution in [0.4, 0.5) is 4.79 Å². The molecule has 0 saturated carbocycles. The van der Waals surface area contributed by atoms with Gasteiger partial charge in [-0.25, -0.2) is 4.79 Å². The number of alkyl carbamates (subject to hydrolysis) is 1. The van der Waals surface area contributed by atoms with Crippen LogP contribution in [0, 0.1) is 0 Å². The van der Waals surface area contributed by atoms with Crippen LogP contribution in [-0.4, -0.2) is 30.5 Å². The summed E-state index contributed by atoms with van der Waals surface area (Å²) in [5.41, 5.74) is -0.391. The number of aliphatic hydroxyl groups excluding tert-OH is 1. The third kappa shape index (κ3) is 2.76. The molecule has 7 heteroatoms. The molecule has 0 spiro atoms. The molecule has 1 aliphatic heterocycles. The molecule has 1 aliphatic rings. The number of amides is 1. The number of carbonyl (C=O) groups excluding carboxylic acids is 1. The van der Waals surface area contributed by atoms with E-state index in [1.165, 1.54) is 0 Å². The van der Waals surface area contributed by atoms with Gasteiger partial charge in [0.1, 0.15) is 25.2 Å². The molecular weight excluding hydrogens is 230 g/mol. The van der Waals surface area contributed by atoms with Gasteiger partial charge in [-0.3, -0.25) is 4.79 Å². The maximum absolute atomic E-state index is 11.4. The first kappa shape index (κ1) is 11.5. The van der Waals surface area contributed by atoms with Crippen molar-refractivity contribution in [3.63, 3.8) is 0 Å². The van der Waals surface area contributed by atoms with Gasteiger partial charge in [0.05, 0.1) is 6.54 Å². The number of ether oxygens (including phenoxy) is 2. The smallest absolute Gasteiger partial charge is 0.407 e. The Bertz CT molecular complexity index is 468. The highest BCUT2D eigenvalue weighted by Gasteiger charge is 2.23. The lowest BCUT2D eigenvalue weighted by atomic mass is 10.3. The third-order valence-electron chi connectivity index (χ3n) is 2.18. The quantitative estimate of drug-likeness (QED) is 0.745. The van der Waals surface area contributed by atoms with Crippen molar-refractivity contribution in [2.45, 2.75) is 12.7 Å². The first-order valence-corrected chi connectivity index (χ1v) is 4.99. The zero-order chi connectivity index (χ0) is 12.3. The third-order valence-corrected chi connectivity index (χ3v) is 2.18. The van der Waals surface area contributed by atoms with Crippen molar-refractivity contribution < 1.29 is 23.8 Å². The highest BCUT2D eigenvalue weighted by atomic mass is 16.6. The zero-order valence-electron chi connectivity index (χ0n) is 8.84. The van der Waals surface area contributed by atoms with Crippen molar-refractivity contribution in [3.05, 3.63) is 28.3 Å². The normalized spacial score (nSPS) is 18.6. The van der Waals surface area contributed by atoms with Crippen LogP contribution >= 0.6 is 0 Å². The molecule has 1 amide bonds. The number of nitrogens with one attached hydrogen (secondary N) is 1. The Balaban J connectivity index is 1.95. The molecule has 1 atom stereocenters. The molecule has 1 aromatic rings. The van der Waals surface area contributed by atoms with E-state index in [9.17, 15) is 9.59 Å². The number of aliphatic hydroxyl groups is 1. The van der Waals surface area contributed by atoms with E-state index in [-0.39, 0.29) is 24.7 Å². The van der Waals surface area contributed by atoms with Gasteiger partial charge in [-0.15, -0.1) is 0 Å². The van der Waals surface area contributed by atoms with Crippen molar-refractivity contribution in [1.82, 2.24) is 5.32 Å². The lowest BCUT2D eigenvalue weighted by Gasteiger charge is -2.09. The number of hydrogen-bond acceptors (Lipinski definition) is 6. The van der Waals surface area contributed by atoms with Crippen LogP contribution in [0.25, 0.3) is 0 Å². The first-order chi connectivity index (χ1) is 8.19. The summed E-state index contributed by atoms with van der Waals surface area (Å²) in [7, 11) is 0. The van der Waals surface area contributed by atoms with Gasteiger partial charge in [0.15, 0.2) is 6.10 Å². The van der Waals surface area contributed by atoms with Crippen LogP contribution in [0.2, 0.25) is 0 Å². The molecular formula is C10H11NO6. The van der Waals surface area contributed by atoms with Crippen molar-refractivity contribution >= 4 is 6.09 Å². The molecule has 92 valence electrons. The van der Waals surface area contributed by atoms with Crippen LogP contribution in [-0.2, 0) is 11.3 Å². The molecule has 0 radical (unpaired) electrons. The van der Waals surface area contributed by atoms with E-state index in [2.05, 4.69) is 5.32 Å². The average molecular weight is 241 g/mol. The summed E-state index contributed by atoms with van der Waals surface area (Å²) in [6, 6.07) is 1.15. The highest BCUT2D eigenvalue weighted by molar-refractivity contribution is 5.69. The van der Waals surface area contributed by atoms with Gasteiger partial charge < -0.3 is 24.3 Å². The number of cyclic esters (lactones) is 1. The van der Waals surface area contributed by atoms with Gasteiger partial charge in [-0.1, -0.05) is 0 Å². The Hall–Kier alpha value is -2.02. The van der Waals surface area contributed by atoms with E-state index < -0.39 is 17.6 Å². The maximum Gasteiger partial charge on any atom is 0.407 e. The first-order valence-electron chi connectivity index (χ1n) is 4.99. The molecule has 17 heavy (non-hydrogen) atoms. The van der Waals surface area contributed by atoms with Crippen LogP contribution in [0.15, 0.2) is 21.5 Å². The minimum Gasteiger partial charge on any atom is -0.483 e. The number of carbonyl (C=O) groups is 1. The molecule has 2 rings (SSSR count). The fraction of sp³-hybridized carbons (Fsp3) is 0.400. The molecule has 0 aliphatic carbocycles. The molecule has 0 aromatic carbocycles. The maximum atomic E-state index is 11.4. The minimum absolute atomic E-state index is 0.0187. The van der Waals surface area contributed by atoms with E-state index in [4.69, 9.17) is 19.0 Å². The summed E-state index contributed by atoms with van der Waals surface area (Å²) in [6.45, 7) is 0.0700. The molecule has 1 saturated heterocycles. The predicted molar refractivity (Wildman–Crippen MR) is 54.7 cm³/mol. The summed E-state index contributed by atoms with van der Waals surface area (Å²) in [6.07, 6.45) is 0.207. The summed E-state index contributed by atoms with van der Waals surface area (Å²) >= 11 is 0. The van der Waals surface area contributed by atoms with Gasteiger partial charge in [0.2, 0.25) is 11.2 Å². The summed E-state index contributed by atoms with van der Waals surface area (Å²) in [4.78, 5) is 22.2. The monoisotopic (exact) mass is 241 g/mol. The van der Waals surface area contributed by atoms with E-state index in [0.717, 1.165) is 12.3 Å². The van der Waals surface area contributed by atoms with E-state index in [1.807, 2.05) is 0 Å². The standard InChI is InChI=1S/C10H11NO6/c12-3-6-1-8(13)9(5-15-6)16-4-7-2-11-10(14)17-7/h1,5,7,12H,2-4H2,(H,11,14). The summed E-state index contributed by atoms with van der Waals surface area (Å²) in [5, 5.41) is 11.2. The Kier molecular flexibility index (Phi) is 3.29. The fourth-order valence-corrected chi connectivity index (χ4v) is 1.33. The van der Waals surface area contributed by atoms with Crippen LogP contribution < -0.4 is 15.5 Å². The second-order valence-corrected chi connectivity index (χ2v) is 3.45. The number of rotatable bonds is 4. The molecule has 1 unspecified atom stereocenters. The minimum atomic E-state index is -0.499. The Labute approximate surface area is 95.9 Å². The molecule has 0 bridgehead atoms. The second-order valence-electron chi connectivity index (χ2n) is 3.45. The van der Waals surface area contributed by atoms with E-state index in [0.29, 0.717) is 6.54 Å². The SMILES string of the molecule is O=C1NCC(COc2coc(CO)cc2=O)O1. The molecule has 2 N–H and O–H groups in total. The van der Waals surface area contributed by atoms with Crippen molar-refractivity contribution in [2.24, 2.45) is 0 Å². The number of hydrogen-bond donors (Lipinski definition) is 2. The molecule has 1 aromatic heterocycles. The van der Waals surface area contributed by atoms with Gasteiger partial charge in [-0.05, 0) is 0 Å². The Morgan fingerprint density at radius 3 is 2.94 bits per heavy atom. The van der Waals surface area contributed by atoms with Crippen LogP contribution in [0.3, 0.4) is 0 Å². The largest absolute Gasteiger partial charge is 0.483 e. The van der Waals surface area contributed by atoms with Gasteiger partial charge in [0.25, 0.3) is 0 Å². The lowest BCUT2D eigenvalue weighted by Crippen LogP contribution is -2.23. The molecule has 1 fully saturated rings. The second kappa shape index (κ2) is 4.88. The van der Waals surface area contributed by atoms with E-state index >= 15 is 0 Å². The summed E-state index contributed by atoms with van der Waals surface area (Å²) < 4.78 is 14.9. The van der Waals surface area contributed by atoms with Crippen molar-refractivity contribution in [2.75, 3.05) is 13.2 Å². The predicted octanol–water partition coefficient (Wildman–Crippen LogP) is -0.381. The Morgan fingerprint density at radius 1 is 1.53 bits per heavy atom. The lowest BCUT2D eigenvalue weighted by molar-refractivity contribution is 0.103.